The van der Waals surface area contributed by atoms with E-state index in [0.717, 1.165) is 0 Å². The summed E-state index contributed by atoms with van der Waals surface area (Å²) in [5.41, 5.74) is 0. The van der Waals surface area contributed by atoms with Gasteiger partial charge in [0.05, 0.1) is 11.6 Å². The SMILES string of the molecule is CC(P)(CC(=O)O)C(=O)O. The zero-order valence-electron chi connectivity index (χ0n) is 5.50. The summed E-state index contributed by atoms with van der Waals surface area (Å²) in [5, 5.41) is 15.4. The van der Waals surface area contributed by atoms with Gasteiger partial charge in [0.15, 0.2) is 0 Å². The van der Waals surface area contributed by atoms with E-state index in [0.29, 0.717) is 0 Å². The molecule has 0 saturated heterocycles. The first-order valence-electron chi connectivity index (χ1n) is 2.60. The van der Waals surface area contributed by atoms with Gasteiger partial charge in [-0.15, -0.1) is 9.24 Å². The molecular formula is C5H9O4P. The maximum Gasteiger partial charge on any atom is 0.313 e. The molecule has 0 amide bonds. The van der Waals surface area contributed by atoms with E-state index in [1.807, 2.05) is 9.24 Å². The van der Waals surface area contributed by atoms with Crippen molar-refractivity contribution in [3.05, 3.63) is 0 Å². The Morgan fingerprint density at radius 1 is 1.50 bits per heavy atom. The van der Waals surface area contributed by atoms with E-state index in [9.17, 15) is 9.59 Å². The van der Waals surface area contributed by atoms with Crippen molar-refractivity contribution in [2.45, 2.75) is 18.5 Å². The Morgan fingerprint density at radius 3 is 2.00 bits per heavy atom. The monoisotopic (exact) mass is 164 g/mol. The fourth-order valence-electron chi connectivity index (χ4n) is 0.390. The first-order chi connectivity index (χ1) is 4.36. The number of hydrogen-bond acceptors (Lipinski definition) is 2. The predicted octanol–water partition coefficient (Wildman–Crippen LogP) is 0.180. The Bertz CT molecular complexity index is 163. The number of carbonyl (C=O) groups is 2. The van der Waals surface area contributed by atoms with E-state index >= 15 is 0 Å². The quantitative estimate of drug-likeness (QED) is 0.583. The summed E-state index contributed by atoms with van der Waals surface area (Å²) in [5.74, 6) is -2.24. The molecule has 2 N–H and O–H groups in total. The molecule has 2 atom stereocenters. The molecule has 0 aromatic carbocycles. The van der Waals surface area contributed by atoms with Gasteiger partial charge in [-0.2, -0.15) is 0 Å². The van der Waals surface area contributed by atoms with Crippen LogP contribution >= 0.6 is 9.24 Å². The van der Waals surface area contributed by atoms with Crippen LogP contribution in [0, 0.1) is 0 Å². The first kappa shape index (κ1) is 9.37. The fraction of sp³-hybridized carbons (Fsp3) is 0.600. The summed E-state index contributed by atoms with van der Waals surface area (Å²) in [6, 6.07) is 0. The molecule has 0 radical (unpaired) electrons. The van der Waals surface area contributed by atoms with Gasteiger partial charge in [-0.3, -0.25) is 9.59 Å². The highest BCUT2D eigenvalue weighted by Gasteiger charge is 2.30. The van der Waals surface area contributed by atoms with Crippen LogP contribution in [0.2, 0.25) is 0 Å². The molecule has 0 aliphatic rings. The molecule has 0 fully saturated rings. The maximum atomic E-state index is 10.3. The first-order valence-corrected chi connectivity index (χ1v) is 3.18. The van der Waals surface area contributed by atoms with Crippen LogP contribution in [-0.4, -0.2) is 27.3 Å². The minimum atomic E-state index is -1.24. The molecule has 0 aromatic heterocycles. The van der Waals surface area contributed by atoms with E-state index in [4.69, 9.17) is 10.2 Å². The standard InChI is InChI=1S/C5H9O4P/c1-5(10,4(8)9)2-3(6)7/h2,10H2,1H3,(H,6,7)(H,8,9). The molecule has 0 aromatic rings. The second-order valence-electron chi connectivity index (χ2n) is 2.29. The molecule has 0 aliphatic carbocycles. The lowest BCUT2D eigenvalue weighted by atomic mass is 10.1. The Morgan fingerprint density at radius 2 is 1.90 bits per heavy atom. The highest BCUT2D eigenvalue weighted by Crippen LogP contribution is 2.21. The zero-order chi connectivity index (χ0) is 8.36. The van der Waals surface area contributed by atoms with Crippen molar-refractivity contribution < 1.29 is 19.8 Å². The number of carboxylic acids is 2. The lowest BCUT2D eigenvalue weighted by Crippen LogP contribution is -2.30. The maximum absolute atomic E-state index is 10.3. The van der Waals surface area contributed by atoms with Gasteiger partial charge in [0, 0.05) is 0 Å². The van der Waals surface area contributed by atoms with Crippen LogP contribution < -0.4 is 0 Å². The van der Waals surface area contributed by atoms with Gasteiger partial charge in [-0.25, -0.2) is 0 Å². The van der Waals surface area contributed by atoms with Crippen LogP contribution in [0.25, 0.3) is 0 Å². The molecule has 0 saturated carbocycles. The van der Waals surface area contributed by atoms with Crippen LogP contribution in [-0.2, 0) is 9.59 Å². The number of hydrogen-bond donors (Lipinski definition) is 2. The van der Waals surface area contributed by atoms with Crippen molar-refractivity contribution in [1.82, 2.24) is 0 Å². The van der Waals surface area contributed by atoms with Crippen molar-refractivity contribution in [3.8, 4) is 0 Å². The third-order valence-electron chi connectivity index (χ3n) is 1.01. The van der Waals surface area contributed by atoms with Crippen molar-refractivity contribution in [2.75, 3.05) is 0 Å². The summed E-state index contributed by atoms with van der Waals surface area (Å²) >= 11 is 0. The number of rotatable bonds is 3. The van der Waals surface area contributed by atoms with Crippen LogP contribution in [0.1, 0.15) is 13.3 Å². The minimum Gasteiger partial charge on any atom is -0.481 e. The van der Waals surface area contributed by atoms with E-state index in [-0.39, 0.29) is 6.42 Å². The lowest BCUT2D eigenvalue weighted by molar-refractivity contribution is -0.145. The summed E-state index contributed by atoms with van der Waals surface area (Å²) in [7, 11) is 2.00. The largest absolute Gasteiger partial charge is 0.481 e. The van der Waals surface area contributed by atoms with Gasteiger partial charge in [-0.1, -0.05) is 0 Å². The van der Waals surface area contributed by atoms with E-state index < -0.39 is 17.1 Å². The lowest BCUT2D eigenvalue weighted by Gasteiger charge is -2.14. The smallest absolute Gasteiger partial charge is 0.313 e. The van der Waals surface area contributed by atoms with Gasteiger partial charge >= 0.3 is 11.9 Å². The summed E-state index contributed by atoms with van der Waals surface area (Å²) in [6.45, 7) is 1.34. The summed E-state index contributed by atoms with van der Waals surface area (Å²) < 4.78 is 0. The summed E-state index contributed by atoms with van der Waals surface area (Å²) in [6.07, 6.45) is -0.382. The molecule has 58 valence electrons. The Hall–Kier alpha value is -0.630. The average molecular weight is 164 g/mol. The van der Waals surface area contributed by atoms with E-state index in [2.05, 4.69) is 0 Å². The molecule has 0 heterocycles. The molecule has 4 nitrogen and oxygen atoms in total. The van der Waals surface area contributed by atoms with E-state index in [1.54, 1.807) is 0 Å². The highest BCUT2D eigenvalue weighted by molar-refractivity contribution is 7.21. The second-order valence-corrected chi connectivity index (χ2v) is 3.57. The third kappa shape index (κ3) is 2.78. The Labute approximate surface area is 60.4 Å². The molecule has 0 spiro atoms. The highest BCUT2D eigenvalue weighted by atomic mass is 31.0. The van der Waals surface area contributed by atoms with Crippen LogP contribution in [0.3, 0.4) is 0 Å². The van der Waals surface area contributed by atoms with Gasteiger partial charge in [0.2, 0.25) is 0 Å². The molecule has 0 rings (SSSR count). The van der Waals surface area contributed by atoms with Crippen molar-refractivity contribution in [2.24, 2.45) is 0 Å². The van der Waals surface area contributed by atoms with Crippen LogP contribution in [0.5, 0.6) is 0 Å². The number of aliphatic carboxylic acids is 2. The van der Waals surface area contributed by atoms with Crippen molar-refractivity contribution in [3.63, 3.8) is 0 Å². The fourth-order valence-corrected chi connectivity index (χ4v) is 0.564. The molecule has 10 heavy (non-hydrogen) atoms. The second kappa shape index (κ2) is 2.97. The predicted molar refractivity (Wildman–Crippen MR) is 38.0 cm³/mol. The molecule has 5 heteroatoms. The Balaban J connectivity index is 4.13. The van der Waals surface area contributed by atoms with Gasteiger partial charge < -0.3 is 10.2 Å². The topological polar surface area (TPSA) is 74.6 Å². The van der Waals surface area contributed by atoms with E-state index in [1.165, 1.54) is 6.92 Å². The van der Waals surface area contributed by atoms with Crippen molar-refractivity contribution in [1.29, 1.82) is 0 Å². The molecular weight excluding hydrogens is 155 g/mol. The van der Waals surface area contributed by atoms with Gasteiger partial charge in [-0.05, 0) is 6.92 Å². The normalized spacial score (nSPS) is 15.8. The minimum absolute atomic E-state index is 0.382. The molecule has 0 aliphatic heterocycles. The van der Waals surface area contributed by atoms with Crippen LogP contribution in [0.4, 0.5) is 0 Å². The molecule has 2 unspecified atom stereocenters. The average Bonchev–Trinajstić information content (AvgIpc) is 1.60. The van der Waals surface area contributed by atoms with Gasteiger partial charge in [0.1, 0.15) is 0 Å². The number of carboxylic acid groups (broad SMARTS) is 2. The zero-order valence-corrected chi connectivity index (χ0v) is 6.65. The van der Waals surface area contributed by atoms with Crippen LogP contribution in [0.15, 0.2) is 0 Å². The summed E-state index contributed by atoms with van der Waals surface area (Å²) in [4.78, 5) is 20.3. The third-order valence-corrected chi connectivity index (χ3v) is 1.46. The molecule has 0 bridgehead atoms. The van der Waals surface area contributed by atoms with Crippen molar-refractivity contribution >= 4 is 21.2 Å². The van der Waals surface area contributed by atoms with Gasteiger partial charge in [0.25, 0.3) is 0 Å². The Kier molecular flexibility index (Phi) is 2.78.